The maximum atomic E-state index is 12.8. The third kappa shape index (κ3) is 5.81. The summed E-state index contributed by atoms with van der Waals surface area (Å²) < 4.78 is 21.1. The first-order valence-corrected chi connectivity index (χ1v) is 10.4. The van der Waals surface area contributed by atoms with Crippen molar-refractivity contribution in [2.75, 3.05) is 52.9 Å². The van der Waals surface area contributed by atoms with Gasteiger partial charge in [0.1, 0.15) is 0 Å². The Morgan fingerprint density at radius 2 is 1.62 bits per heavy atom. The van der Waals surface area contributed by atoms with Crippen LogP contribution in [0.15, 0.2) is 41.5 Å². The number of anilines is 1. The number of nitrogens with zero attached hydrogens (tertiary/aromatic N) is 2. The van der Waals surface area contributed by atoms with E-state index in [4.69, 9.17) is 18.9 Å². The smallest absolute Gasteiger partial charge is 0.329 e. The van der Waals surface area contributed by atoms with E-state index >= 15 is 0 Å². The number of morpholine rings is 1. The topological polar surface area (TPSA) is 128 Å². The number of hydrogen-bond donors (Lipinski definition) is 2. The lowest BCUT2D eigenvalue weighted by molar-refractivity contribution is -0.136. The molecule has 34 heavy (non-hydrogen) atoms. The molecule has 2 aromatic carbocycles. The summed E-state index contributed by atoms with van der Waals surface area (Å²) in [6.07, 6.45) is 1.32. The quantitative estimate of drug-likeness (QED) is 0.354. The average molecular weight is 470 g/mol. The number of carbonyl (C=O) groups is 3. The normalized spacial score (nSPS) is 13.3. The van der Waals surface area contributed by atoms with Gasteiger partial charge in [-0.25, -0.2) is 5.43 Å². The van der Waals surface area contributed by atoms with Gasteiger partial charge in [0.25, 0.3) is 5.91 Å². The molecule has 0 radical (unpaired) electrons. The molecule has 1 fully saturated rings. The number of carbonyl (C=O) groups excluding carboxylic acids is 3. The summed E-state index contributed by atoms with van der Waals surface area (Å²) in [5.74, 6) is -0.986. The largest absolute Gasteiger partial charge is 0.493 e. The van der Waals surface area contributed by atoms with E-state index in [9.17, 15) is 14.4 Å². The fourth-order valence-corrected chi connectivity index (χ4v) is 3.29. The number of methoxy groups -OCH3 is 3. The highest BCUT2D eigenvalue weighted by atomic mass is 16.5. The van der Waals surface area contributed by atoms with Crippen LogP contribution in [-0.4, -0.2) is 76.5 Å². The van der Waals surface area contributed by atoms with Gasteiger partial charge in [0.2, 0.25) is 5.75 Å². The Balaban J connectivity index is 1.66. The van der Waals surface area contributed by atoms with E-state index < -0.39 is 11.8 Å². The minimum Gasteiger partial charge on any atom is -0.493 e. The summed E-state index contributed by atoms with van der Waals surface area (Å²) in [7, 11) is 4.44. The zero-order chi connectivity index (χ0) is 24.5. The molecular weight excluding hydrogens is 444 g/mol. The second kappa shape index (κ2) is 11.7. The molecule has 1 aliphatic heterocycles. The van der Waals surface area contributed by atoms with E-state index in [-0.39, 0.29) is 17.2 Å². The Morgan fingerprint density at radius 3 is 2.24 bits per heavy atom. The second-order valence-corrected chi connectivity index (χ2v) is 7.06. The fourth-order valence-electron chi connectivity index (χ4n) is 3.29. The summed E-state index contributed by atoms with van der Waals surface area (Å²) in [4.78, 5) is 39.1. The van der Waals surface area contributed by atoms with Crippen molar-refractivity contribution in [3.8, 4) is 17.2 Å². The van der Waals surface area contributed by atoms with Gasteiger partial charge >= 0.3 is 11.8 Å². The molecular formula is C23H26N4O7. The van der Waals surface area contributed by atoms with Crippen LogP contribution in [0.4, 0.5) is 5.69 Å². The molecule has 1 aliphatic rings. The molecule has 0 unspecified atom stereocenters. The van der Waals surface area contributed by atoms with Crippen molar-refractivity contribution in [2.24, 2.45) is 5.10 Å². The van der Waals surface area contributed by atoms with Crippen molar-refractivity contribution >= 4 is 29.6 Å². The number of benzene rings is 2. The van der Waals surface area contributed by atoms with Crippen LogP contribution in [0, 0.1) is 0 Å². The fraction of sp³-hybridized carbons (Fsp3) is 0.304. The van der Waals surface area contributed by atoms with Gasteiger partial charge in [-0.2, -0.15) is 5.10 Å². The van der Waals surface area contributed by atoms with E-state index in [0.717, 1.165) is 0 Å². The van der Waals surface area contributed by atoms with Crippen molar-refractivity contribution in [3.05, 3.63) is 47.5 Å². The summed E-state index contributed by atoms with van der Waals surface area (Å²) in [6, 6.07) is 9.75. The molecule has 180 valence electrons. The van der Waals surface area contributed by atoms with Gasteiger partial charge in [0, 0.05) is 18.7 Å². The molecule has 11 heteroatoms. The molecule has 1 heterocycles. The number of amides is 3. The highest BCUT2D eigenvalue weighted by molar-refractivity contribution is 6.40. The van der Waals surface area contributed by atoms with Gasteiger partial charge in [0.15, 0.2) is 11.5 Å². The minimum absolute atomic E-state index is 0.229. The molecule has 0 aliphatic carbocycles. The van der Waals surface area contributed by atoms with Crippen LogP contribution in [0.25, 0.3) is 0 Å². The number of ether oxygens (including phenoxy) is 4. The molecule has 2 N–H and O–H groups in total. The molecule has 3 rings (SSSR count). The van der Waals surface area contributed by atoms with Crippen LogP contribution in [0.3, 0.4) is 0 Å². The van der Waals surface area contributed by atoms with Crippen molar-refractivity contribution in [1.82, 2.24) is 10.3 Å². The average Bonchev–Trinajstić information content (AvgIpc) is 2.88. The lowest BCUT2D eigenvalue weighted by atomic mass is 10.1. The van der Waals surface area contributed by atoms with Crippen LogP contribution >= 0.6 is 0 Å². The van der Waals surface area contributed by atoms with Gasteiger partial charge in [-0.3, -0.25) is 14.4 Å². The van der Waals surface area contributed by atoms with Crippen molar-refractivity contribution in [3.63, 3.8) is 0 Å². The van der Waals surface area contributed by atoms with Gasteiger partial charge in [-0.1, -0.05) is 12.1 Å². The van der Waals surface area contributed by atoms with Gasteiger partial charge < -0.3 is 29.2 Å². The summed E-state index contributed by atoms with van der Waals surface area (Å²) in [5, 5.41) is 6.29. The lowest BCUT2D eigenvalue weighted by Gasteiger charge is -2.27. The first kappa shape index (κ1) is 24.5. The summed E-state index contributed by atoms with van der Waals surface area (Å²) >= 11 is 0. The molecule has 0 bridgehead atoms. The molecule has 0 atom stereocenters. The van der Waals surface area contributed by atoms with Crippen LogP contribution in [0.5, 0.6) is 17.2 Å². The monoisotopic (exact) mass is 470 g/mol. The molecule has 1 saturated heterocycles. The van der Waals surface area contributed by atoms with Gasteiger partial charge in [-0.15, -0.1) is 0 Å². The number of hydrazone groups is 1. The Hall–Kier alpha value is -4.12. The van der Waals surface area contributed by atoms with Crippen LogP contribution in [0.1, 0.15) is 15.9 Å². The zero-order valence-electron chi connectivity index (χ0n) is 19.1. The molecule has 11 nitrogen and oxygen atoms in total. The zero-order valence-corrected chi connectivity index (χ0v) is 19.1. The molecule has 3 amide bonds. The SMILES string of the molecule is COc1cc(C=NNC(=O)C(=O)Nc2ccccc2C(=O)N2CCOCC2)cc(OC)c1OC. The van der Waals surface area contributed by atoms with Crippen molar-refractivity contribution < 1.29 is 33.3 Å². The highest BCUT2D eigenvalue weighted by Gasteiger charge is 2.23. The van der Waals surface area contributed by atoms with Crippen molar-refractivity contribution in [2.45, 2.75) is 0 Å². The van der Waals surface area contributed by atoms with Crippen molar-refractivity contribution in [1.29, 1.82) is 0 Å². The highest BCUT2D eigenvalue weighted by Crippen LogP contribution is 2.37. The number of nitrogens with one attached hydrogen (secondary N) is 2. The Kier molecular flexibility index (Phi) is 8.41. The number of para-hydroxylation sites is 1. The molecule has 0 saturated carbocycles. The maximum Gasteiger partial charge on any atom is 0.329 e. The van der Waals surface area contributed by atoms with E-state index in [1.54, 1.807) is 41.3 Å². The standard InChI is InChI=1S/C23H26N4O7/c1-31-18-12-15(13-19(32-2)20(18)33-3)14-24-26-22(29)21(28)25-17-7-5-4-6-16(17)23(30)27-8-10-34-11-9-27/h4-7,12-14H,8-11H2,1-3H3,(H,25,28)(H,26,29). The maximum absolute atomic E-state index is 12.8. The third-order valence-corrected chi connectivity index (χ3v) is 4.98. The number of hydrogen-bond acceptors (Lipinski definition) is 8. The Bertz CT molecular complexity index is 1060. The predicted molar refractivity (Wildman–Crippen MR) is 124 cm³/mol. The first-order valence-electron chi connectivity index (χ1n) is 10.4. The van der Waals surface area contributed by atoms with E-state index in [1.165, 1.54) is 27.5 Å². The van der Waals surface area contributed by atoms with E-state index in [1.807, 2.05) is 0 Å². The summed E-state index contributed by atoms with van der Waals surface area (Å²) in [5.41, 5.74) is 3.21. The van der Waals surface area contributed by atoms with Gasteiger partial charge in [-0.05, 0) is 24.3 Å². The molecule has 0 aromatic heterocycles. The van der Waals surface area contributed by atoms with E-state index in [0.29, 0.717) is 49.1 Å². The van der Waals surface area contributed by atoms with Gasteiger partial charge in [0.05, 0.1) is 52.0 Å². The summed E-state index contributed by atoms with van der Waals surface area (Å²) in [6.45, 7) is 1.81. The van der Waals surface area contributed by atoms with Crippen LogP contribution in [-0.2, 0) is 14.3 Å². The minimum atomic E-state index is -1.00. The lowest BCUT2D eigenvalue weighted by Crippen LogP contribution is -2.41. The predicted octanol–water partition coefficient (Wildman–Crippen LogP) is 1.27. The second-order valence-electron chi connectivity index (χ2n) is 7.06. The molecule has 2 aromatic rings. The third-order valence-electron chi connectivity index (χ3n) is 4.98. The Labute approximate surface area is 196 Å². The number of rotatable bonds is 7. The Morgan fingerprint density at radius 1 is 0.971 bits per heavy atom. The van der Waals surface area contributed by atoms with Crippen LogP contribution < -0.4 is 25.0 Å². The molecule has 0 spiro atoms. The van der Waals surface area contributed by atoms with Crippen LogP contribution in [0.2, 0.25) is 0 Å². The first-order chi connectivity index (χ1) is 16.5. The van der Waals surface area contributed by atoms with E-state index in [2.05, 4.69) is 15.8 Å².